The molecule has 2 aliphatic carbocycles. The molecule has 13 heteroatoms. The van der Waals surface area contributed by atoms with E-state index in [1.807, 2.05) is 0 Å². The van der Waals surface area contributed by atoms with Crippen LogP contribution in [0.1, 0.15) is 64.2 Å². The zero-order valence-electron chi connectivity index (χ0n) is 17.2. The molecule has 0 bridgehead atoms. The average molecular weight is 487 g/mol. The molecule has 8 nitrogen and oxygen atoms in total. The van der Waals surface area contributed by atoms with E-state index in [2.05, 4.69) is 9.02 Å². The highest BCUT2D eigenvalue weighted by Gasteiger charge is 2.68. The summed E-state index contributed by atoms with van der Waals surface area (Å²) in [6, 6.07) is 0. The van der Waals surface area contributed by atoms with E-state index in [0.717, 1.165) is 19.3 Å². The molecule has 0 N–H and O–H groups in total. The van der Waals surface area contributed by atoms with Gasteiger partial charge in [-0.25, -0.2) is 0 Å². The molecule has 3 fully saturated rings. The van der Waals surface area contributed by atoms with Crippen molar-refractivity contribution in [2.45, 2.75) is 75.4 Å². The lowest BCUT2D eigenvalue weighted by atomic mass is 9.81. The van der Waals surface area contributed by atoms with Crippen molar-refractivity contribution in [1.82, 2.24) is 5.06 Å². The standard InChI is InChI=1S/C19H25F4NO7S/c20-18(21,10-11-30-17(27)12-6-2-1-3-7-12)19(22,23)32(28,29)31-24-15(25)13-8-4-5-9-14(13)16(24)26/h12-14H,1-11H2. The first kappa shape index (κ1) is 24.9. The largest absolute Gasteiger partial charge is 0.465 e. The second-order valence-corrected chi connectivity index (χ2v) is 10.0. The third-order valence-electron chi connectivity index (χ3n) is 6.31. The Labute approximate surface area is 182 Å². The number of alkyl halides is 4. The maximum Gasteiger partial charge on any atom is 0.433 e. The number of halogens is 4. The van der Waals surface area contributed by atoms with Crippen LogP contribution in [0, 0.1) is 17.8 Å². The molecule has 3 aliphatic rings. The fourth-order valence-corrected chi connectivity index (χ4v) is 5.32. The normalized spacial score (nSPS) is 25.7. The molecule has 2 unspecified atom stereocenters. The van der Waals surface area contributed by atoms with Gasteiger partial charge in [-0.05, 0) is 25.7 Å². The van der Waals surface area contributed by atoms with Crippen molar-refractivity contribution in [1.29, 1.82) is 0 Å². The van der Waals surface area contributed by atoms with E-state index in [4.69, 9.17) is 0 Å². The molecule has 0 spiro atoms. The zero-order valence-corrected chi connectivity index (χ0v) is 18.1. The third kappa shape index (κ3) is 4.63. The van der Waals surface area contributed by atoms with Crippen LogP contribution in [-0.4, -0.2) is 49.0 Å². The first-order valence-corrected chi connectivity index (χ1v) is 12.0. The van der Waals surface area contributed by atoms with Crippen LogP contribution in [0.3, 0.4) is 0 Å². The summed E-state index contributed by atoms with van der Waals surface area (Å²) in [5, 5.41) is -6.10. The predicted octanol–water partition coefficient (Wildman–Crippen LogP) is 3.16. The van der Waals surface area contributed by atoms with E-state index in [0.29, 0.717) is 25.7 Å². The Morgan fingerprint density at radius 3 is 1.94 bits per heavy atom. The van der Waals surface area contributed by atoms with Gasteiger partial charge in [0.15, 0.2) is 0 Å². The Morgan fingerprint density at radius 1 is 0.906 bits per heavy atom. The monoisotopic (exact) mass is 487 g/mol. The summed E-state index contributed by atoms with van der Waals surface area (Å²) in [7, 11) is -6.42. The third-order valence-corrected chi connectivity index (χ3v) is 7.58. The number of carbonyl (C=O) groups excluding carboxylic acids is 3. The Balaban J connectivity index is 1.63. The summed E-state index contributed by atoms with van der Waals surface area (Å²) in [5.74, 6) is -10.6. The van der Waals surface area contributed by atoms with Gasteiger partial charge < -0.3 is 4.74 Å². The topological polar surface area (TPSA) is 107 Å². The number of fused-ring (bicyclic) bond motifs is 1. The van der Waals surface area contributed by atoms with Crippen molar-refractivity contribution in [2.75, 3.05) is 6.61 Å². The molecule has 1 saturated heterocycles. The fraction of sp³-hybridized carbons (Fsp3) is 0.842. The number of hydrogen-bond acceptors (Lipinski definition) is 7. The van der Waals surface area contributed by atoms with E-state index >= 15 is 0 Å². The quantitative estimate of drug-likeness (QED) is 0.294. The van der Waals surface area contributed by atoms with Crippen molar-refractivity contribution >= 4 is 27.9 Å². The number of imide groups is 1. The van der Waals surface area contributed by atoms with Crippen molar-refractivity contribution in [3.05, 3.63) is 0 Å². The van der Waals surface area contributed by atoms with Crippen LogP contribution >= 0.6 is 0 Å². The molecule has 2 amide bonds. The van der Waals surface area contributed by atoms with Crippen molar-refractivity contribution in [2.24, 2.45) is 17.8 Å². The van der Waals surface area contributed by atoms with Gasteiger partial charge in [0.1, 0.15) is 0 Å². The molecule has 0 aromatic carbocycles. The molecule has 1 heterocycles. The highest BCUT2D eigenvalue weighted by molar-refractivity contribution is 7.87. The van der Waals surface area contributed by atoms with Crippen LogP contribution < -0.4 is 0 Å². The average Bonchev–Trinajstić information content (AvgIpc) is 2.98. The van der Waals surface area contributed by atoms with Gasteiger partial charge in [-0.15, -0.1) is 9.35 Å². The molecular formula is C19H25F4NO7S. The maximum atomic E-state index is 14.3. The Morgan fingerprint density at radius 2 is 1.41 bits per heavy atom. The van der Waals surface area contributed by atoms with E-state index < -0.39 is 69.9 Å². The molecule has 2 saturated carbocycles. The van der Waals surface area contributed by atoms with Crippen LogP contribution in [0.15, 0.2) is 0 Å². The highest BCUT2D eigenvalue weighted by Crippen LogP contribution is 2.44. The number of hydroxylamine groups is 2. The summed E-state index contributed by atoms with van der Waals surface area (Å²) in [6.45, 7) is -1.13. The lowest BCUT2D eigenvalue weighted by Crippen LogP contribution is -2.51. The number of rotatable bonds is 8. The Hall–Kier alpha value is -1.76. The van der Waals surface area contributed by atoms with Gasteiger partial charge in [-0.2, -0.15) is 26.0 Å². The minimum absolute atomic E-state index is 0.244. The van der Waals surface area contributed by atoms with Gasteiger partial charge in [0, 0.05) is 0 Å². The van der Waals surface area contributed by atoms with Gasteiger partial charge >= 0.3 is 27.3 Å². The summed E-state index contributed by atoms with van der Waals surface area (Å²) in [6.07, 6.45) is 3.33. The molecule has 0 aromatic rings. The van der Waals surface area contributed by atoms with Crippen LogP contribution in [0.25, 0.3) is 0 Å². The highest BCUT2D eigenvalue weighted by atomic mass is 32.2. The minimum atomic E-state index is -6.42. The predicted molar refractivity (Wildman–Crippen MR) is 99.4 cm³/mol. The van der Waals surface area contributed by atoms with Gasteiger partial charge in [0.25, 0.3) is 11.8 Å². The lowest BCUT2D eigenvalue weighted by Gasteiger charge is -2.27. The van der Waals surface area contributed by atoms with E-state index in [1.165, 1.54) is 0 Å². The van der Waals surface area contributed by atoms with Gasteiger partial charge in [0.05, 0.1) is 30.8 Å². The lowest BCUT2D eigenvalue weighted by molar-refractivity contribution is -0.187. The molecule has 3 rings (SSSR count). The summed E-state index contributed by atoms with van der Waals surface area (Å²) >= 11 is 0. The van der Waals surface area contributed by atoms with Crippen molar-refractivity contribution in [3.8, 4) is 0 Å². The number of esters is 1. The molecule has 0 aromatic heterocycles. The number of carbonyl (C=O) groups is 3. The number of hydrogen-bond donors (Lipinski definition) is 0. The number of nitrogens with zero attached hydrogens (tertiary/aromatic N) is 1. The van der Waals surface area contributed by atoms with Crippen LogP contribution in [-0.2, 0) is 33.5 Å². The molecule has 0 radical (unpaired) electrons. The molecule has 32 heavy (non-hydrogen) atoms. The minimum Gasteiger partial charge on any atom is -0.465 e. The van der Waals surface area contributed by atoms with Gasteiger partial charge in [-0.1, -0.05) is 32.1 Å². The number of ether oxygens (including phenoxy) is 1. The van der Waals surface area contributed by atoms with Gasteiger partial charge in [-0.3, -0.25) is 14.4 Å². The summed E-state index contributed by atoms with van der Waals surface area (Å²) in [4.78, 5) is 36.3. The maximum absolute atomic E-state index is 14.3. The van der Waals surface area contributed by atoms with Crippen LogP contribution in [0.2, 0.25) is 0 Å². The molecule has 182 valence electrons. The molecule has 1 aliphatic heterocycles. The van der Waals surface area contributed by atoms with E-state index in [-0.39, 0.29) is 17.9 Å². The van der Waals surface area contributed by atoms with E-state index in [1.54, 1.807) is 0 Å². The Kier molecular flexibility index (Phi) is 7.18. The molecular weight excluding hydrogens is 462 g/mol. The SMILES string of the molecule is O=C(OCCC(F)(F)C(F)(F)S(=O)(=O)ON1C(=O)C2CCCCC2C1=O)C1CCCCC1. The second-order valence-electron chi connectivity index (χ2n) is 8.47. The first-order chi connectivity index (χ1) is 14.9. The van der Waals surface area contributed by atoms with Crippen molar-refractivity contribution in [3.63, 3.8) is 0 Å². The van der Waals surface area contributed by atoms with Crippen molar-refractivity contribution < 1.29 is 49.4 Å². The smallest absolute Gasteiger partial charge is 0.433 e. The van der Waals surface area contributed by atoms with Gasteiger partial charge in [0.2, 0.25) is 0 Å². The molecule has 2 atom stereocenters. The summed E-state index contributed by atoms with van der Waals surface area (Å²) < 4.78 is 89.5. The van der Waals surface area contributed by atoms with E-state index in [9.17, 15) is 40.4 Å². The second kappa shape index (κ2) is 9.24. The first-order valence-electron chi connectivity index (χ1n) is 10.6. The Bertz CT molecular complexity index is 834. The van der Waals surface area contributed by atoms with Crippen LogP contribution in [0.4, 0.5) is 17.6 Å². The summed E-state index contributed by atoms with van der Waals surface area (Å²) in [5.41, 5.74) is 0. The fourth-order valence-electron chi connectivity index (χ4n) is 4.41. The number of amides is 2. The van der Waals surface area contributed by atoms with Crippen LogP contribution in [0.5, 0.6) is 0 Å². The zero-order chi connectivity index (χ0) is 23.7.